The van der Waals surface area contributed by atoms with Gasteiger partial charge in [-0.2, -0.15) is 0 Å². The van der Waals surface area contributed by atoms with E-state index in [1.807, 2.05) is 30.3 Å². The van der Waals surface area contributed by atoms with E-state index < -0.39 is 0 Å². The van der Waals surface area contributed by atoms with Crippen molar-refractivity contribution in [2.75, 3.05) is 32.6 Å². The van der Waals surface area contributed by atoms with E-state index in [0.717, 1.165) is 29.7 Å². The number of ether oxygens (including phenoxy) is 2. The number of carbonyl (C=O) groups excluding carboxylic acids is 1. The lowest BCUT2D eigenvalue weighted by Crippen LogP contribution is -2.45. The van der Waals surface area contributed by atoms with Gasteiger partial charge in [-0.25, -0.2) is 4.39 Å². The van der Waals surface area contributed by atoms with Crippen LogP contribution < -0.4 is 10.1 Å². The Kier molecular flexibility index (Phi) is 7.06. The van der Waals surface area contributed by atoms with Crippen molar-refractivity contribution >= 4 is 17.7 Å². The Morgan fingerprint density at radius 1 is 1.19 bits per heavy atom. The van der Waals surface area contributed by atoms with Gasteiger partial charge in [0.1, 0.15) is 11.6 Å². The first-order valence-electron chi connectivity index (χ1n) is 10.3. The topological polar surface area (TPSA) is 86.5 Å². The van der Waals surface area contributed by atoms with Gasteiger partial charge in [-0.3, -0.25) is 4.79 Å². The van der Waals surface area contributed by atoms with Crippen LogP contribution in [-0.4, -0.2) is 48.7 Å². The second kappa shape index (κ2) is 10.1. The minimum absolute atomic E-state index is 0.139. The third kappa shape index (κ3) is 5.28. The summed E-state index contributed by atoms with van der Waals surface area (Å²) < 4.78 is 30.1. The smallest absolute Gasteiger partial charge is 0.277 e. The summed E-state index contributed by atoms with van der Waals surface area (Å²) in [5, 5.41) is 11.4. The van der Waals surface area contributed by atoms with Crippen LogP contribution in [0.4, 0.5) is 4.39 Å². The Bertz CT molecular complexity index is 1050. The molecule has 7 nitrogen and oxygen atoms in total. The molecule has 0 atom stereocenters. The first-order chi connectivity index (χ1) is 15.6. The molecule has 9 heteroatoms. The lowest BCUT2D eigenvalue weighted by Gasteiger charge is -2.38. The average Bonchev–Trinajstić information content (AvgIpc) is 3.31. The van der Waals surface area contributed by atoms with Gasteiger partial charge in [0, 0.05) is 30.7 Å². The van der Waals surface area contributed by atoms with Crippen molar-refractivity contribution < 1.29 is 23.1 Å². The lowest BCUT2D eigenvalue weighted by atomic mass is 9.74. The van der Waals surface area contributed by atoms with Crippen LogP contribution in [0.1, 0.15) is 18.4 Å². The number of amides is 1. The SMILES string of the molecule is COc1ccc(-c2nnc(SCC(=O)NCC3(c4cccc(F)c4)CCOCC3)o2)cc1. The maximum absolute atomic E-state index is 13.8. The summed E-state index contributed by atoms with van der Waals surface area (Å²) in [4.78, 5) is 12.5. The van der Waals surface area contributed by atoms with E-state index in [-0.39, 0.29) is 22.9 Å². The maximum Gasteiger partial charge on any atom is 0.277 e. The number of nitrogens with one attached hydrogen (secondary N) is 1. The van der Waals surface area contributed by atoms with Crippen LogP contribution >= 0.6 is 11.8 Å². The van der Waals surface area contributed by atoms with Crippen LogP contribution in [0.2, 0.25) is 0 Å². The van der Waals surface area contributed by atoms with Crippen LogP contribution in [0.3, 0.4) is 0 Å². The molecule has 1 saturated heterocycles. The van der Waals surface area contributed by atoms with Crippen molar-refractivity contribution in [1.29, 1.82) is 0 Å². The summed E-state index contributed by atoms with van der Waals surface area (Å²) in [6, 6.07) is 13.9. The predicted molar refractivity (Wildman–Crippen MR) is 118 cm³/mol. The van der Waals surface area contributed by atoms with Crippen molar-refractivity contribution in [3.63, 3.8) is 0 Å². The van der Waals surface area contributed by atoms with Crippen molar-refractivity contribution in [3.05, 3.63) is 59.9 Å². The van der Waals surface area contributed by atoms with Gasteiger partial charge in [-0.05, 0) is 54.8 Å². The van der Waals surface area contributed by atoms with E-state index in [4.69, 9.17) is 13.9 Å². The van der Waals surface area contributed by atoms with E-state index in [2.05, 4.69) is 15.5 Å². The molecule has 32 heavy (non-hydrogen) atoms. The van der Waals surface area contributed by atoms with Gasteiger partial charge >= 0.3 is 0 Å². The summed E-state index contributed by atoms with van der Waals surface area (Å²) in [6.45, 7) is 1.58. The first-order valence-corrected chi connectivity index (χ1v) is 11.3. The number of rotatable bonds is 8. The molecule has 2 aromatic carbocycles. The highest BCUT2D eigenvalue weighted by Gasteiger charge is 2.35. The second-order valence-corrected chi connectivity index (χ2v) is 8.50. The second-order valence-electron chi connectivity index (χ2n) is 7.57. The molecule has 0 bridgehead atoms. The molecular weight excluding hydrogens is 433 g/mol. The lowest BCUT2D eigenvalue weighted by molar-refractivity contribution is -0.119. The molecule has 0 spiro atoms. The number of carbonyl (C=O) groups is 1. The molecule has 1 amide bonds. The number of halogens is 1. The number of nitrogens with zero attached hydrogens (tertiary/aromatic N) is 2. The number of hydrogen-bond donors (Lipinski definition) is 1. The van der Waals surface area contributed by atoms with Crippen molar-refractivity contribution in [2.24, 2.45) is 0 Å². The molecule has 2 heterocycles. The zero-order valence-corrected chi connectivity index (χ0v) is 18.5. The zero-order valence-electron chi connectivity index (χ0n) is 17.7. The molecule has 4 rings (SSSR count). The van der Waals surface area contributed by atoms with E-state index in [0.29, 0.717) is 30.9 Å². The predicted octanol–water partition coefficient (Wildman–Crippen LogP) is 3.84. The van der Waals surface area contributed by atoms with E-state index >= 15 is 0 Å². The fourth-order valence-electron chi connectivity index (χ4n) is 3.71. The van der Waals surface area contributed by atoms with Crippen molar-refractivity contribution in [1.82, 2.24) is 15.5 Å². The van der Waals surface area contributed by atoms with Gasteiger partial charge < -0.3 is 19.2 Å². The van der Waals surface area contributed by atoms with Gasteiger partial charge in [-0.1, -0.05) is 23.9 Å². The van der Waals surface area contributed by atoms with Crippen LogP contribution in [0.5, 0.6) is 5.75 Å². The van der Waals surface area contributed by atoms with Crippen LogP contribution in [0.15, 0.2) is 58.2 Å². The van der Waals surface area contributed by atoms with Crippen molar-refractivity contribution in [3.8, 4) is 17.2 Å². The molecule has 1 fully saturated rings. The van der Waals surface area contributed by atoms with Gasteiger partial charge in [0.2, 0.25) is 11.8 Å². The van der Waals surface area contributed by atoms with Gasteiger partial charge in [0.05, 0.1) is 12.9 Å². The minimum atomic E-state index is -0.341. The molecular formula is C23H24FN3O4S. The normalized spacial score (nSPS) is 15.3. The van der Waals surface area contributed by atoms with Gasteiger partial charge in [0.15, 0.2) is 0 Å². The highest BCUT2D eigenvalue weighted by molar-refractivity contribution is 7.99. The first kappa shape index (κ1) is 22.3. The standard InChI is InChI=1S/C23H24FN3O4S/c1-29-19-7-5-16(6-8-19)21-26-27-22(31-21)32-14-20(28)25-15-23(9-11-30-12-10-23)17-3-2-4-18(24)13-17/h2-8,13H,9-12,14-15H2,1H3,(H,25,28). The Morgan fingerprint density at radius 2 is 1.97 bits per heavy atom. The molecule has 0 saturated carbocycles. The van der Waals surface area contributed by atoms with E-state index in [9.17, 15) is 9.18 Å². The van der Waals surface area contributed by atoms with E-state index in [1.165, 1.54) is 17.8 Å². The fourth-order valence-corrected chi connectivity index (χ4v) is 4.31. The molecule has 0 unspecified atom stereocenters. The molecule has 1 aliphatic heterocycles. The number of aromatic nitrogens is 2. The monoisotopic (exact) mass is 457 g/mol. The summed E-state index contributed by atoms with van der Waals surface area (Å²) >= 11 is 1.17. The van der Waals surface area contributed by atoms with Gasteiger partial charge in [-0.15, -0.1) is 10.2 Å². The number of methoxy groups -OCH3 is 1. The molecule has 1 aromatic heterocycles. The minimum Gasteiger partial charge on any atom is -0.497 e. The fraction of sp³-hybridized carbons (Fsp3) is 0.348. The average molecular weight is 458 g/mol. The summed E-state index contributed by atoms with van der Waals surface area (Å²) in [6.07, 6.45) is 1.44. The Labute approximate surface area is 189 Å². The van der Waals surface area contributed by atoms with E-state index in [1.54, 1.807) is 19.2 Å². The molecule has 168 valence electrons. The van der Waals surface area contributed by atoms with Crippen molar-refractivity contribution in [2.45, 2.75) is 23.5 Å². The number of thioether (sulfide) groups is 1. The Hall–Kier alpha value is -2.91. The molecule has 3 aromatic rings. The number of hydrogen-bond acceptors (Lipinski definition) is 7. The molecule has 1 N–H and O–H groups in total. The number of benzene rings is 2. The quantitative estimate of drug-likeness (QED) is 0.514. The third-order valence-electron chi connectivity index (χ3n) is 5.58. The van der Waals surface area contributed by atoms with Crippen LogP contribution in [0, 0.1) is 5.82 Å². The van der Waals surface area contributed by atoms with Gasteiger partial charge in [0.25, 0.3) is 5.22 Å². The van der Waals surface area contributed by atoms with Crippen LogP contribution in [0.25, 0.3) is 11.5 Å². The summed E-state index contributed by atoms with van der Waals surface area (Å²) in [7, 11) is 1.60. The molecule has 0 radical (unpaired) electrons. The maximum atomic E-state index is 13.8. The summed E-state index contributed by atoms with van der Waals surface area (Å²) in [5.41, 5.74) is 1.31. The zero-order chi connectivity index (χ0) is 22.4. The highest BCUT2D eigenvalue weighted by atomic mass is 32.2. The largest absolute Gasteiger partial charge is 0.497 e. The highest BCUT2D eigenvalue weighted by Crippen LogP contribution is 2.34. The Morgan fingerprint density at radius 3 is 2.69 bits per heavy atom. The molecule has 0 aliphatic carbocycles. The third-order valence-corrected chi connectivity index (χ3v) is 6.40. The Balaban J connectivity index is 1.34. The van der Waals surface area contributed by atoms with Crippen LogP contribution in [-0.2, 0) is 14.9 Å². The summed E-state index contributed by atoms with van der Waals surface area (Å²) in [5.74, 6) is 0.823. The molecule has 1 aliphatic rings.